The molecule has 1 fully saturated rings. The summed E-state index contributed by atoms with van der Waals surface area (Å²) in [6.07, 6.45) is 5.87. The Morgan fingerprint density at radius 2 is 1.95 bits per heavy atom. The Labute approximate surface area is 222 Å². The summed E-state index contributed by atoms with van der Waals surface area (Å²) >= 11 is 0. The predicted molar refractivity (Wildman–Crippen MR) is 146 cm³/mol. The van der Waals surface area contributed by atoms with Crippen LogP contribution in [0.4, 0.5) is 0 Å². The largest absolute Gasteiger partial charge is 0.504 e. The van der Waals surface area contributed by atoms with E-state index < -0.39 is 17.1 Å². The minimum Gasteiger partial charge on any atom is -0.504 e. The van der Waals surface area contributed by atoms with Crippen molar-refractivity contribution in [3.05, 3.63) is 64.8 Å². The number of phenolic OH excluding ortho intramolecular Hbond substituents is 1. The Morgan fingerprint density at radius 1 is 1.11 bits per heavy atom. The second kappa shape index (κ2) is 8.58. The highest BCUT2D eigenvalue weighted by atomic mass is 16.5. The topological polar surface area (TPSA) is 130 Å². The number of hydrogen-bond donors (Lipinski definition) is 4. The van der Waals surface area contributed by atoms with Gasteiger partial charge in [-0.2, -0.15) is 0 Å². The van der Waals surface area contributed by atoms with E-state index in [1.165, 1.54) is 5.56 Å². The van der Waals surface area contributed by atoms with E-state index in [0.29, 0.717) is 18.7 Å². The number of phenols is 1. The van der Waals surface area contributed by atoms with Gasteiger partial charge in [0.15, 0.2) is 23.6 Å². The van der Waals surface area contributed by atoms with Crippen LogP contribution in [0.5, 0.6) is 11.5 Å². The summed E-state index contributed by atoms with van der Waals surface area (Å²) in [4.78, 5) is 11.7. The van der Waals surface area contributed by atoms with Gasteiger partial charge in [-0.25, -0.2) is 4.98 Å². The molecule has 4 aliphatic rings. The number of piperidine rings is 1. The third kappa shape index (κ3) is 3.23. The summed E-state index contributed by atoms with van der Waals surface area (Å²) in [5.41, 5.74) is 14.3. The van der Waals surface area contributed by atoms with E-state index in [9.17, 15) is 10.2 Å². The van der Waals surface area contributed by atoms with E-state index in [1.54, 1.807) is 6.07 Å². The maximum atomic E-state index is 12.8. The highest BCUT2D eigenvalue weighted by Gasteiger charge is 2.72. The number of aliphatic hydroxyl groups is 1. The third-order valence-electron chi connectivity index (χ3n) is 9.52. The van der Waals surface area contributed by atoms with Crippen LogP contribution in [0.3, 0.4) is 0 Å². The van der Waals surface area contributed by atoms with E-state index in [-0.39, 0.29) is 17.8 Å². The Kier molecular flexibility index (Phi) is 5.36. The quantitative estimate of drug-likeness (QED) is 0.217. The maximum Gasteiger partial charge on any atom is 0.185 e. The zero-order chi connectivity index (χ0) is 26.1. The molecule has 198 valence electrons. The molecule has 3 aromatic rings. The van der Waals surface area contributed by atoms with Crippen molar-refractivity contribution in [3.8, 4) is 11.5 Å². The number of aromatic hydroxyl groups is 1. The monoisotopic (exact) mass is 513 g/mol. The number of pyridine rings is 1. The van der Waals surface area contributed by atoms with Crippen molar-refractivity contribution in [1.29, 1.82) is 0 Å². The number of fused-ring (bicyclic) bond motifs is 3. The van der Waals surface area contributed by atoms with Crippen LogP contribution in [0.2, 0.25) is 0 Å². The first-order valence-electron chi connectivity index (χ1n) is 13.8. The van der Waals surface area contributed by atoms with E-state index >= 15 is 0 Å². The van der Waals surface area contributed by atoms with Crippen molar-refractivity contribution in [1.82, 2.24) is 9.88 Å². The molecule has 38 heavy (non-hydrogen) atoms. The smallest absolute Gasteiger partial charge is 0.185 e. The second-order valence-electron chi connectivity index (χ2n) is 11.5. The number of benzene rings is 2. The van der Waals surface area contributed by atoms with Crippen LogP contribution in [0.25, 0.3) is 10.9 Å². The summed E-state index contributed by atoms with van der Waals surface area (Å²) < 4.78 is 6.62. The van der Waals surface area contributed by atoms with E-state index in [1.807, 2.05) is 24.3 Å². The van der Waals surface area contributed by atoms with Crippen LogP contribution < -0.4 is 16.2 Å². The fourth-order valence-corrected chi connectivity index (χ4v) is 7.89. The van der Waals surface area contributed by atoms with Gasteiger partial charge in [0, 0.05) is 30.0 Å². The number of rotatable bonds is 7. The fourth-order valence-electron chi connectivity index (χ4n) is 7.89. The third-order valence-corrected chi connectivity index (χ3v) is 9.52. The minimum absolute atomic E-state index is 0.0217. The Balaban J connectivity index is 1.24. The van der Waals surface area contributed by atoms with Crippen LogP contribution in [0.15, 0.2) is 47.5 Å². The zero-order valence-corrected chi connectivity index (χ0v) is 21.6. The number of aliphatic imine (C=N–C) groups is 1. The summed E-state index contributed by atoms with van der Waals surface area (Å²) in [5, 5.41) is 24.8. The van der Waals surface area contributed by atoms with Gasteiger partial charge in [0.05, 0.1) is 22.2 Å². The lowest BCUT2D eigenvalue weighted by Crippen LogP contribution is -2.74. The van der Waals surface area contributed by atoms with Gasteiger partial charge < -0.3 is 26.4 Å². The summed E-state index contributed by atoms with van der Waals surface area (Å²) in [5.74, 6) is 0.848. The first-order valence-corrected chi connectivity index (χ1v) is 13.8. The lowest BCUT2D eigenvalue weighted by molar-refractivity contribution is -0.173. The second-order valence-corrected chi connectivity index (χ2v) is 11.5. The number of unbranched alkanes of at least 4 members (excludes halogenated alkanes) is 3. The number of hydrogen-bond acceptors (Lipinski definition) is 6. The Morgan fingerprint density at radius 3 is 2.82 bits per heavy atom. The molecule has 1 saturated heterocycles. The van der Waals surface area contributed by atoms with Crippen LogP contribution >= 0.6 is 0 Å². The Bertz CT molecular complexity index is 1450. The molecule has 1 aromatic heterocycles. The highest BCUT2D eigenvalue weighted by Crippen LogP contribution is 2.68. The number of likely N-dealkylation sites (tertiary alicyclic amines) is 1. The van der Waals surface area contributed by atoms with Gasteiger partial charge >= 0.3 is 0 Å². The Hall–Kier alpha value is -3.36. The van der Waals surface area contributed by atoms with E-state index in [4.69, 9.17) is 21.2 Å². The summed E-state index contributed by atoms with van der Waals surface area (Å²) in [6, 6.07) is 14.1. The number of guanidine groups is 1. The van der Waals surface area contributed by atoms with Gasteiger partial charge in [-0.15, -0.1) is 0 Å². The molecule has 2 aliphatic heterocycles. The standard InChI is InChI=1S/C30H35N5O3/c31-28(32)33-12-5-1-2-6-13-35-14-11-29-24-19-9-10-22(36)26(24)38-27(29)25-20(17-30(29,37)23(35)16-19)15-18-7-3-4-8-21(18)34-25/h3-4,7-10,15,23,27,36-37H,1-2,5-6,11-14,16-17H2,(H4,31,32,33)/t23-,27+,29+,30-/m1/s1. The first-order chi connectivity index (χ1) is 18.4. The molecule has 0 radical (unpaired) electrons. The first kappa shape index (κ1) is 23.7. The van der Waals surface area contributed by atoms with Crippen LogP contribution in [-0.2, 0) is 18.3 Å². The molecule has 1 spiro atoms. The van der Waals surface area contributed by atoms with Gasteiger partial charge in [-0.05, 0) is 68.1 Å². The van der Waals surface area contributed by atoms with Gasteiger partial charge in [0.1, 0.15) is 0 Å². The molecule has 0 saturated carbocycles. The molecule has 4 atom stereocenters. The number of aromatic nitrogens is 1. The summed E-state index contributed by atoms with van der Waals surface area (Å²) in [6.45, 7) is 2.50. The van der Waals surface area contributed by atoms with Gasteiger partial charge in [0.25, 0.3) is 0 Å². The number of nitrogens with two attached hydrogens (primary N) is 2. The van der Waals surface area contributed by atoms with Crippen LogP contribution in [-0.4, -0.2) is 57.3 Å². The highest BCUT2D eigenvalue weighted by molar-refractivity contribution is 5.80. The number of nitrogens with zero attached hydrogens (tertiary/aromatic N) is 3. The van der Waals surface area contributed by atoms with Crippen molar-refractivity contribution in [2.45, 2.75) is 68.1 Å². The molecule has 0 unspecified atom stereocenters. The molecule has 2 bridgehead atoms. The zero-order valence-electron chi connectivity index (χ0n) is 21.6. The lowest BCUT2D eigenvalue weighted by Gasteiger charge is -2.62. The minimum atomic E-state index is -1.01. The average molecular weight is 514 g/mol. The van der Waals surface area contributed by atoms with Crippen molar-refractivity contribution < 1.29 is 14.9 Å². The van der Waals surface area contributed by atoms with Gasteiger partial charge in [-0.1, -0.05) is 37.1 Å². The molecule has 6 N–H and O–H groups in total. The van der Waals surface area contributed by atoms with Gasteiger partial charge in [0.2, 0.25) is 0 Å². The molecule has 8 heteroatoms. The molecule has 3 heterocycles. The fraction of sp³-hybridized carbons (Fsp3) is 0.467. The molecule has 0 amide bonds. The van der Waals surface area contributed by atoms with E-state index in [0.717, 1.165) is 79.3 Å². The molecule has 7 rings (SSSR count). The van der Waals surface area contributed by atoms with Crippen LogP contribution in [0.1, 0.15) is 60.6 Å². The summed E-state index contributed by atoms with van der Waals surface area (Å²) in [7, 11) is 0. The van der Waals surface area contributed by atoms with Crippen molar-refractivity contribution in [3.63, 3.8) is 0 Å². The van der Waals surface area contributed by atoms with Crippen molar-refractivity contribution >= 4 is 16.9 Å². The molecular formula is C30H35N5O3. The predicted octanol–water partition coefficient (Wildman–Crippen LogP) is 3.06. The SMILES string of the molecule is NC(N)=NCCCCCCN1CC[C@]23c4c5ccc(O)c4O[C@H]2c2nc4ccccc4cc2C[C@@]3(O)[C@H]1C5. The molecule has 2 aromatic carbocycles. The van der Waals surface area contributed by atoms with E-state index in [2.05, 4.69) is 22.0 Å². The molecule has 8 nitrogen and oxygen atoms in total. The number of ether oxygens (including phenoxy) is 1. The van der Waals surface area contributed by atoms with Crippen molar-refractivity contribution in [2.75, 3.05) is 19.6 Å². The normalized spacial score (nSPS) is 28.4. The lowest BCUT2D eigenvalue weighted by atomic mass is 9.49. The van der Waals surface area contributed by atoms with Crippen molar-refractivity contribution in [2.24, 2.45) is 16.5 Å². The number of para-hydroxylation sites is 1. The van der Waals surface area contributed by atoms with Crippen LogP contribution in [0, 0.1) is 0 Å². The van der Waals surface area contributed by atoms with Gasteiger partial charge in [-0.3, -0.25) is 9.89 Å². The maximum absolute atomic E-state index is 12.8. The molecule has 2 aliphatic carbocycles. The molecular weight excluding hydrogens is 478 g/mol. The average Bonchev–Trinajstić information content (AvgIpc) is 3.25.